The van der Waals surface area contributed by atoms with Gasteiger partial charge in [-0.25, -0.2) is 4.98 Å². The quantitative estimate of drug-likeness (QED) is 0.734. The summed E-state index contributed by atoms with van der Waals surface area (Å²) in [7, 11) is 2.00. The summed E-state index contributed by atoms with van der Waals surface area (Å²) in [4.78, 5) is 17.6. The van der Waals surface area contributed by atoms with Gasteiger partial charge in [0.15, 0.2) is 11.4 Å². The molecule has 0 saturated carbocycles. The second-order valence-corrected chi connectivity index (χ2v) is 4.75. The van der Waals surface area contributed by atoms with E-state index in [0.29, 0.717) is 10.9 Å². The van der Waals surface area contributed by atoms with Gasteiger partial charge < -0.3 is 9.64 Å². The lowest BCUT2D eigenvalue weighted by atomic mass is 10.1. The van der Waals surface area contributed by atoms with Crippen molar-refractivity contribution in [3.63, 3.8) is 0 Å². The Kier molecular flexibility index (Phi) is 3.02. The molecule has 0 aliphatic carbocycles. The monoisotopic (exact) mass is 226 g/mol. The van der Waals surface area contributed by atoms with Crippen LogP contribution in [0.1, 0.15) is 23.0 Å². The van der Waals surface area contributed by atoms with Crippen LogP contribution >= 0.6 is 11.3 Å². The molecule has 2 unspecified atom stereocenters. The normalized spacial score (nSPS) is 25.5. The largest absolute Gasteiger partial charge is 0.376 e. The minimum Gasteiger partial charge on any atom is -0.376 e. The molecule has 0 N–H and O–H groups in total. The van der Waals surface area contributed by atoms with Crippen LogP contribution in [0.2, 0.25) is 0 Å². The van der Waals surface area contributed by atoms with Crippen molar-refractivity contribution in [1.29, 1.82) is 0 Å². The number of likely N-dealkylation sites (N-methyl/N-ethyl adjacent to an activating group) is 1. The van der Waals surface area contributed by atoms with Crippen LogP contribution in [0.5, 0.6) is 0 Å². The van der Waals surface area contributed by atoms with Crippen LogP contribution in [-0.2, 0) is 4.74 Å². The second-order valence-electron chi connectivity index (χ2n) is 3.71. The lowest BCUT2D eigenvalue weighted by Gasteiger charge is -2.25. The molecule has 0 bridgehead atoms. The highest BCUT2D eigenvalue weighted by atomic mass is 32.1. The Hall–Kier alpha value is -0.940. The zero-order valence-electron chi connectivity index (χ0n) is 8.84. The minimum absolute atomic E-state index is 0.235. The van der Waals surface area contributed by atoms with E-state index in [9.17, 15) is 4.79 Å². The Balaban J connectivity index is 2.12. The van der Waals surface area contributed by atoms with E-state index in [1.165, 1.54) is 11.3 Å². The number of thiazole rings is 1. The van der Waals surface area contributed by atoms with Crippen LogP contribution in [-0.4, -0.2) is 37.1 Å². The summed E-state index contributed by atoms with van der Waals surface area (Å²) in [6.07, 6.45) is 3.71. The molecular weight excluding hydrogens is 212 g/mol. The molecule has 0 aromatic carbocycles. The van der Waals surface area contributed by atoms with E-state index in [1.54, 1.807) is 6.20 Å². The van der Waals surface area contributed by atoms with E-state index >= 15 is 0 Å². The first-order chi connectivity index (χ1) is 7.22. The molecule has 1 saturated heterocycles. The van der Waals surface area contributed by atoms with Gasteiger partial charge in [0.2, 0.25) is 0 Å². The van der Waals surface area contributed by atoms with E-state index in [1.807, 2.05) is 7.05 Å². The van der Waals surface area contributed by atoms with Crippen LogP contribution in [0.3, 0.4) is 0 Å². The third-order valence-electron chi connectivity index (χ3n) is 2.76. The van der Waals surface area contributed by atoms with Gasteiger partial charge in [-0.1, -0.05) is 11.3 Å². The first kappa shape index (κ1) is 10.6. The standard InChI is InChI=1S/C10H14N2O2S/c1-7-9(3-4-14-7)12(2)10-11-5-8(6-13)15-10/h5-7,9H,3-4H2,1-2H3. The van der Waals surface area contributed by atoms with Gasteiger partial charge >= 0.3 is 0 Å². The van der Waals surface area contributed by atoms with Gasteiger partial charge in [0, 0.05) is 13.7 Å². The summed E-state index contributed by atoms with van der Waals surface area (Å²) in [5.74, 6) is 0. The molecule has 4 nitrogen and oxygen atoms in total. The van der Waals surface area contributed by atoms with E-state index in [4.69, 9.17) is 4.74 Å². The van der Waals surface area contributed by atoms with E-state index in [-0.39, 0.29) is 6.10 Å². The predicted molar refractivity (Wildman–Crippen MR) is 59.7 cm³/mol. The fourth-order valence-electron chi connectivity index (χ4n) is 1.87. The smallest absolute Gasteiger partial charge is 0.186 e. The summed E-state index contributed by atoms with van der Waals surface area (Å²) in [6.45, 7) is 2.88. The van der Waals surface area contributed by atoms with Crippen molar-refractivity contribution in [3.8, 4) is 0 Å². The summed E-state index contributed by atoms with van der Waals surface area (Å²) in [5, 5.41) is 0.888. The number of aldehydes is 1. The van der Waals surface area contributed by atoms with E-state index in [0.717, 1.165) is 24.4 Å². The number of carbonyl (C=O) groups excluding carboxylic acids is 1. The molecule has 15 heavy (non-hydrogen) atoms. The molecule has 5 heteroatoms. The summed E-state index contributed by atoms with van der Waals surface area (Å²) >= 11 is 1.42. The zero-order valence-corrected chi connectivity index (χ0v) is 9.66. The second kappa shape index (κ2) is 4.28. The van der Waals surface area contributed by atoms with Gasteiger partial charge in [-0.05, 0) is 13.3 Å². The number of nitrogens with zero attached hydrogens (tertiary/aromatic N) is 2. The molecule has 1 aromatic heterocycles. The number of ether oxygens (including phenoxy) is 1. The topological polar surface area (TPSA) is 42.4 Å². The number of aromatic nitrogens is 1. The number of hydrogen-bond donors (Lipinski definition) is 0. The lowest BCUT2D eigenvalue weighted by Crippen LogP contribution is -2.36. The van der Waals surface area contributed by atoms with Crippen LogP contribution in [0.4, 0.5) is 5.13 Å². The molecule has 82 valence electrons. The van der Waals surface area contributed by atoms with Gasteiger partial charge in [-0.2, -0.15) is 0 Å². The third-order valence-corrected chi connectivity index (χ3v) is 3.78. The van der Waals surface area contributed by atoms with Crippen LogP contribution in [0, 0.1) is 0 Å². The molecule has 0 amide bonds. The average Bonchev–Trinajstić information content (AvgIpc) is 2.84. The summed E-state index contributed by atoms with van der Waals surface area (Å²) in [6, 6.07) is 0.371. The third kappa shape index (κ3) is 2.03. The molecule has 1 fully saturated rings. The Morgan fingerprint density at radius 1 is 1.73 bits per heavy atom. The molecule has 0 spiro atoms. The SMILES string of the molecule is CC1OCCC1N(C)c1ncc(C=O)s1. The maximum absolute atomic E-state index is 10.6. The van der Waals surface area contributed by atoms with Crippen molar-refractivity contribution in [3.05, 3.63) is 11.1 Å². The molecule has 1 aliphatic heterocycles. The van der Waals surface area contributed by atoms with Crippen molar-refractivity contribution in [2.24, 2.45) is 0 Å². The Labute approximate surface area is 92.9 Å². The highest BCUT2D eigenvalue weighted by molar-refractivity contribution is 7.17. The summed E-state index contributed by atoms with van der Waals surface area (Å²) in [5.41, 5.74) is 0. The predicted octanol–water partition coefficient (Wildman–Crippen LogP) is 1.57. The molecular formula is C10H14N2O2S. The van der Waals surface area contributed by atoms with Crippen LogP contribution in [0.25, 0.3) is 0 Å². The van der Waals surface area contributed by atoms with Gasteiger partial charge in [0.25, 0.3) is 0 Å². The van der Waals surface area contributed by atoms with Crippen molar-refractivity contribution >= 4 is 22.8 Å². The molecule has 1 aliphatic rings. The zero-order chi connectivity index (χ0) is 10.8. The fourth-order valence-corrected chi connectivity index (χ4v) is 2.61. The number of anilines is 1. The minimum atomic E-state index is 0.235. The number of rotatable bonds is 3. The maximum atomic E-state index is 10.6. The Morgan fingerprint density at radius 2 is 2.53 bits per heavy atom. The highest BCUT2D eigenvalue weighted by Gasteiger charge is 2.29. The van der Waals surface area contributed by atoms with Gasteiger partial charge in [-0.15, -0.1) is 0 Å². The molecule has 0 radical (unpaired) electrons. The van der Waals surface area contributed by atoms with E-state index in [2.05, 4.69) is 16.8 Å². The molecule has 2 heterocycles. The van der Waals surface area contributed by atoms with E-state index < -0.39 is 0 Å². The number of carbonyl (C=O) groups is 1. The lowest BCUT2D eigenvalue weighted by molar-refractivity contribution is 0.112. The number of hydrogen-bond acceptors (Lipinski definition) is 5. The van der Waals surface area contributed by atoms with Gasteiger partial charge in [0.1, 0.15) is 0 Å². The fraction of sp³-hybridized carbons (Fsp3) is 0.600. The molecule has 2 atom stereocenters. The average molecular weight is 226 g/mol. The first-order valence-corrected chi connectivity index (χ1v) is 5.79. The van der Waals surface area contributed by atoms with Crippen molar-refractivity contribution in [2.75, 3.05) is 18.6 Å². The van der Waals surface area contributed by atoms with Crippen molar-refractivity contribution in [1.82, 2.24) is 4.98 Å². The first-order valence-electron chi connectivity index (χ1n) is 4.98. The Morgan fingerprint density at radius 3 is 3.07 bits per heavy atom. The van der Waals surface area contributed by atoms with Gasteiger partial charge in [0.05, 0.1) is 23.2 Å². The van der Waals surface area contributed by atoms with Gasteiger partial charge in [-0.3, -0.25) is 4.79 Å². The molecule has 1 aromatic rings. The Bertz CT molecular complexity index is 353. The molecule has 2 rings (SSSR count). The van der Waals surface area contributed by atoms with Crippen LogP contribution < -0.4 is 4.90 Å². The van der Waals surface area contributed by atoms with Crippen molar-refractivity contribution in [2.45, 2.75) is 25.5 Å². The van der Waals surface area contributed by atoms with Crippen LogP contribution in [0.15, 0.2) is 6.20 Å². The maximum Gasteiger partial charge on any atom is 0.186 e. The highest BCUT2D eigenvalue weighted by Crippen LogP contribution is 2.27. The summed E-state index contributed by atoms with van der Waals surface area (Å²) < 4.78 is 5.51. The van der Waals surface area contributed by atoms with Crippen molar-refractivity contribution < 1.29 is 9.53 Å².